The molecule has 1 saturated heterocycles. The number of urea groups is 1. The second-order valence-corrected chi connectivity index (χ2v) is 9.60. The van der Waals surface area contributed by atoms with Crippen molar-refractivity contribution in [3.63, 3.8) is 0 Å². The first-order chi connectivity index (χ1) is 16.0. The van der Waals surface area contributed by atoms with Gasteiger partial charge in [0.05, 0.1) is 17.4 Å². The van der Waals surface area contributed by atoms with Gasteiger partial charge in [-0.3, -0.25) is 14.5 Å². The lowest BCUT2D eigenvalue weighted by molar-refractivity contribution is -0.129. The number of hydrogen-bond acceptors (Lipinski definition) is 5. The van der Waals surface area contributed by atoms with Gasteiger partial charge in [-0.2, -0.15) is 0 Å². The number of amides is 4. The summed E-state index contributed by atoms with van der Waals surface area (Å²) in [7, 11) is 0. The molecule has 4 heterocycles. The number of hydrogen-bond donors (Lipinski definition) is 2. The summed E-state index contributed by atoms with van der Waals surface area (Å²) in [5, 5.41) is 6.37. The number of nitrogens with zero attached hydrogens (tertiary/aromatic N) is 3. The average molecular weight is 464 g/mol. The van der Waals surface area contributed by atoms with E-state index in [2.05, 4.69) is 22.2 Å². The van der Waals surface area contributed by atoms with Gasteiger partial charge in [-0.15, -0.1) is 0 Å². The van der Waals surface area contributed by atoms with Crippen LogP contribution in [0.1, 0.15) is 30.0 Å². The van der Waals surface area contributed by atoms with E-state index in [0.29, 0.717) is 13.1 Å². The van der Waals surface area contributed by atoms with Gasteiger partial charge in [-0.1, -0.05) is 36.5 Å². The number of piperidine rings is 1. The Labute approximate surface area is 196 Å². The van der Waals surface area contributed by atoms with Crippen molar-refractivity contribution in [2.75, 3.05) is 18.0 Å². The van der Waals surface area contributed by atoms with Gasteiger partial charge >= 0.3 is 6.03 Å². The maximum Gasteiger partial charge on any atom is 0.327 e. The van der Waals surface area contributed by atoms with Crippen molar-refractivity contribution in [2.45, 2.75) is 42.1 Å². The lowest BCUT2D eigenvalue weighted by Crippen LogP contribution is -2.53. The molecule has 0 saturated carbocycles. The number of carbonyl (C=O) groups excluding carboxylic acids is 3. The molecule has 5 rings (SSSR count). The zero-order chi connectivity index (χ0) is 23.1. The second-order valence-electron chi connectivity index (χ2n) is 8.47. The third kappa shape index (κ3) is 3.76. The van der Waals surface area contributed by atoms with Crippen LogP contribution in [-0.4, -0.2) is 52.1 Å². The molecule has 3 atom stereocenters. The number of benzene rings is 1. The summed E-state index contributed by atoms with van der Waals surface area (Å²) in [6.07, 6.45) is 4.61. The predicted octanol–water partition coefficient (Wildman–Crippen LogP) is 3.06. The van der Waals surface area contributed by atoms with E-state index < -0.39 is 11.3 Å². The largest absolute Gasteiger partial charge is 0.351 e. The molecule has 33 heavy (non-hydrogen) atoms. The van der Waals surface area contributed by atoms with Crippen molar-refractivity contribution in [3.05, 3.63) is 60.3 Å². The zero-order valence-electron chi connectivity index (χ0n) is 18.3. The molecule has 2 aromatic rings. The average Bonchev–Trinajstić information content (AvgIpc) is 3.19. The summed E-state index contributed by atoms with van der Waals surface area (Å²) in [4.78, 5) is 46.4. The molecule has 9 heteroatoms. The smallest absolute Gasteiger partial charge is 0.327 e. The van der Waals surface area contributed by atoms with Crippen LogP contribution in [0, 0.1) is 6.92 Å². The second kappa shape index (κ2) is 8.55. The highest BCUT2D eigenvalue weighted by atomic mass is 32.2. The molecule has 4 amide bonds. The van der Waals surface area contributed by atoms with Crippen molar-refractivity contribution >= 4 is 41.0 Å². The van der Waals surface area contributed by atoms with Crippen LogP contribution in [-0.2, 0) is 9.59 Å². The van der Waals surface area contributed by atoms with Gasteiger partial charge in [0.15, 0.2) is 0 Å². The van der Waals surface area contributed by atoms with E-state index in [4.69, 9.17) is 0 Å². The molecule has 0 aliphatic carbocycles. The molecule has 1 fully saturated rings. The fourth-order valence-electron chi connectivity index (χ4n) is 4.79. The number of likely N-dealkylation sites (tertiary alicyclic amines) is 1. The Morgan fingerprint density at radius 1 is 1.27 bits per heavy atom. The number of aromatic nitrogens is 1. The van der Waals surface area contributed by atoms with E-state index in [1.54, 1.807) is 16.0 Å². The maximum atomic E-state index is 13.3. The first-order valence-corrected chi connectivity index (χ1v) is 11.9. The Morgan fingerprint density at radius 3 is 2.88 bits per heavy atom. The van der Waals surface area contributed by atoms with Crippen LogP contribution in [0.5, 0.6) is 0 Å². The van der Waals surface area contributed by atoms with E-state index in [9.17, 15) is 14.4 Å². The zero-order valence-corrected chi connectivity index (χ0v) is 19.1. The Kier molecular flexibility index (Phi) is 5.57. The minimum absolute atomic E-state index is 0.124. The molecule has 2 N–H and O–H groups in total. The SMILES string of the molecule is C=CC(=O)N1CCCC(NC(=O)[C@@H]2Sc3nccc4c3C2NC(=O)N4c2ccccc2C)C1. The van der Waals surface area contributed by atoms with E-state index in [0.717, 1.165) is 40.4 Å². The predicted molar refractivity (Wildman–Crippen MR) is 126 cm³/mol. The van der Waals surface area contributed by atoms with Gasteiger partial charge in [0.1, 0.15) is 10.3 Å². The van der Waals surface area contributed by atoms with Crippen molar-refractivity contribution < 1.29 is 14.4 Å². The molecule has 3 aliphatic rings. The first-order valence-electron chi connectivity index (χ1n) is 11.0. The van der Waals surface area contributed by atoms with Crippen LogP contribution < -0.4 is 15.5 Å². The standard InChI is InChI=1S/C24H25N5O3S/c1-3-18(30)28-12-6-8-15(13-28)26-22(31)21-20-19-17(10-11-25-23(19)33-21)29(24(32)27-20)16-9-5-4-7-14(16)2/h3-5,7,9-11,15,20-21H,1,6,8,12-13H2,2H3,(H,26,31)(H,27,32)/t15?,20?,21-/m1/s1. The number of aryl methyl sites for hydroxylation is 1. The molecule has 2 unspecified atom stereocenters. The van der Waals surface area contributed by atoms with Crippen molar-refractivity contribution in [2.24, 2.45) is 0 Å². The number of nitrogens with one attached hydrogen (secondary N) is 2. The normalized spacial score (nSPS) is 23.5. The van der Waals surface area contributed by atoms with Crippen LogP contribution >= 0.6 is 11.8 Å². The van der Waals surface area contributed by atoms with E-state index in [1.165, 1.54) is 17.8 Å². The molecule has 0 bridgehead atoms. The van der Waals surface area contributed by atoms with Gasteiger partial charge in [0.2, 0.25) is 11.8 Å². The fraction of sp³-hybridized carbons (Fsp3) is 0.333. The quantitative estimate of drug-likeness (QED) is 0.680. The minimum atomic E-state index is -0.526. The summed E-state index contributed by atoms with van der Waals surface area (Å²) < 4.78 is 0. The van der Waals surface area contributed by atoms with E-state index in [1.807, 2.05) is 37.3 Å². The fourth-order valence-corrected chi connectivity index (χ4v) is 6.02. The number of pyridine rings is 1. The maximum absolute atomic E-state index is 13.3. The van der Waals surface area contributed by atoms with Crippen molar-refractivity contribution in [1.82, 2.24) is 20.5 Å². The molecule has 0 radical (unpaired) electrons. The molecule has 1 aromatic heterocycles. The number of thioether (sulfide) groups is 1. The number of rotatable bonds is 4. The summed E-state index contributed by atoms with van der Waals surface area (Å²) >= 11 is 1.37. The molecule has 8 nitrogen and oxygen atoms in total. The Morgan fingerprint density at radius 2 is 2.09 bits per heavy atom. The third-order valence-electron chi connectivity index (χ3n) is 6.37. The molecule has 0 spiro atoms. The topological polar surface area (TPSA) is 94.6 Å². The highest BCUT2D eigenvalue weighted by Crippen LogP contribution is 2.50. The van der Waals surface area contributed by atoms with Crippen LogP contribution in [0.4, 0.5) is 16.2 Å². The molecule has 170 valence electrons. The Balaban J connectivity index is 1.39. The summed E-state index contributed by atoms with van der Waals surface area (Å²) in [5.41, 5.74) is 3.41. The summed E-state index contributed by atoms with van der Waals surface area (Å²) in [5.74, 6) is -0.280. The van der Waals surface area contributed by atoms with Gasteiger partial charge in [0, 0.05) is 30.9 Å². The molecular formula is C24H25N5O3S. The first kappa shape index (κ1) is 21.5. The van der Waals surface area contributed by atoms with Gasteiger partial charge in [-0.05, 0) is 43.5 Å². The van der Waals surface area contributed by atoms with Crippen molar-refractivity contribution in [3.8, 4) is 0 Å². The van der Waals surface area contributed by atoms with E-state index >= 15 is 0 Å². The molecule has 1 aromatic carbocycles. The van der Waals surface area contributed by atoms with Crippen LogP contribution in [0.3, 0.4) is 0 Å². The number of para-hydroxylation sites is 1. The summed E-state index contributed by atoms with van der Waals surface area (Å²) in [6.45, 7) is 6.64. The monoisotopic (exact) mass is 463 g/mol. The highest BCUT2D eigenvalue weighted by Gasteiger charge is 2.47. The van der Waals surface area contributed by atoms with E-state index in [-0.39, 0.29) is 23.9 Å². The van der Waals surface area contributed by atoms with Gasteiger partial charge in [0.25, 0.3) is 0 Å². The van der Waals surface area contributed by atoms with Gasteiger partial charge < -0.3 is 15.5 Å². The number of anilines is 2. The molecule has 3 aliphatic heterocycles. The molecular weight excluding hydrogens is 438 g/mol. The van der Waals surface area contributed by atoms with Crippen LogP contribution in [0.2, 0.25) is 0 Å². The Bertz CT molecular complexity index is 1150. The Hall–Kier alpha value is -3.33. The van der Waals surface area contributed by atoms with Gasteiger partial charge in [-0.25, -0.2) is 9.78 Å². The van der Waals surface area contributed by atoms with Crippen LogP contribution in [0.25, 0.3) is 0 Å². The number of carbonyl (C=O) groups is 3. The lowest BCUT2D eigenvalue weighted by atomic mass is 9.98. The van der Waals surface area contributed by atoms with Crippen molar-refractivity contribution in [1.29, 1.82) is 0 Å². The lowest BCUT2D eigenvalue weighted by Gasteiger charge is -2.36. The summed E-state index contributed by atoms with van der Waals surface area (Å²) in [6, 6.07) is 8.69. The highest BCUT2D eigenvalue weighted by molar-refractivity contribution is 8.01. The van der Waals surface area contributed by atoms with Crippen LogP contribution in [0.15, 0.2) is 54.2 Å². The third-order valence-corrected chi connectivity index (χ3v) is 7.66. The minimum Gasteiger partial charge on any atom is -0.351 e.